The van der Waals surface area contributed by atoms with E-state index in [1.54, 1.807) is 15.9 Å². The van der Waals surface area contributed by atoms with Crippen molar-refractivity contribution in [3.8, 4) is 6.01 Å². The Hall–Kier alpha value is -2.26. The molecule has 4 rings (SSSR count). The second-order valence-electron chi connectivity index (χ2n) is 6.45. The number of rotatable bonds is 3. The van der Waals surface area contributed by atoms with Gasteiger partial charge in [0, 0.05) is 11.3 Å². The van der Waals surface area contributed by atoms with Gasteiger partial charge in [-0.15, -0.1) is 16.4 Å². The van der Waals surface area contributed by atoms with Gasteiger partial charge in [0.15, 0.2) is 12.3 Å². The summed E-state index contributed by atoms with van der Waals surface area (Å²) in [5.74, 6) is 0.137. The second kappa shape index (κ2) is 5.12. The first-order valence-electron chi connectivity index (χ1n) is 7.57. The first-order valence-corrected chi connectivity index (χ1v) is 8.38. The Morgan fingerprint density at radius 3 is 3.00 bits per heavy atom. The molecule has 0 saturated carbocycles. The molecule has 1 aliphatic rings. The van der Waals surface area contributed by atoms with Crippen molar-refractivity contribution in [1.29, 1.82) is 0 Å². The third-order valence-corrected chi connectivity index (χ3v) is 5.09. The molecule has 0 radical (unpaired) electrons. The third kappa shape index (κ3) is 2.40. The minimum atomic E-state index is -0.569. The van der Waals surface area contributed by atoms with Crippen molar-refractivity contribution in [2.24, 2.45) is 5.73 Å². The first-order chi connectivity index (χ1) is 11.3. The molecule has 1 aliphatic heterocycles. The van der Waals surface area contributed by atoms with E-state index in [1.165, 1.54) is 10.4 Å². The molecule has 0 aromatic carbocycles. The molecule has 4 heterocycles. The fraction of sp³-hybridized carbons (Fsp3) is 0.467. The summed E-state index contributed by atoms with van der Waals surface area (Å²) >= 11 is 1.62. The van der Waals surface area contributed by atoms with Gasteiger partial charge in [0.25, 0.3) is 5.91 Å². The van der Waals surface area contributed by atoms with Crippen LogP contribution in [-0.2, 0) is 22.6 Å². The predicted octanol–water partition coefficient (Wildman–Crippen LogP) is 1.36. The minimum absolute atomic E-state index is 0.123. The molecule has 2 N–H and O–H groups in total. The largest absolute Gasteiger partial charge is 0.452 e. The molecule has 3 aromatic heterocycles. The lowest BCUT2D eigenvalue weighted by atomic mass is 9.94. The van der Waals surface area contributed by atoms with Gasteiger partial charge in [-0.25, -0.2) is 4.98 Å². The van der Waals surface area contributed by atoms with Crippen LogP contribution in [0, 0.1) is 6.92 Å². The average Bonchev–Trinajstić information content (AvgIpc) is 3.05. The highest BCUT2D eigenvalue weighted by atomic mass is 32.1. The van der Waals surface area contributed by atoms with Gasteiger partial charge in [-0.2, -0.15) is 9.50 Å². The quantitative estimate of drug-likeness (QED) is 0.767. The van der Waals surface area contributed by atoms with Gasteiger partial charge in [0.05, 0.1) is 17.6 Å². The van der Waals surface area contributed by atoms with Gasteiger partial charge in [0.1, 0.15) is 10.7 Å². The zero-order chi connectivity index (χ0) is 17.1. The van der Waals surface area contributed by atoms with E-state index in [0.717, 1.165) is 16.6 Å². The van der Waals surface area contributed by atoms with Crippen LogP contribution in [0.3, 0.4) is 0 Å². The van der Waals surface area contributed by atoms with E-state index in [0.29, 0.717) is 18.1 Å². The Balaban J connectivity index is 1.92. The Morgan fingerprint density at radius 2 is 2.25 bits per heavy atom. The number of nitrogens with two attached hydrogens (primary N) is 1. The number of hydrogen-bond acceptors (Lipinski definition) is 7. The van der Waals surface area contributed by atoms with Gasteiger partial charge >= 0.3 is 6.01 Å². The van der Waals surface area contributed by atoms with E-state index in [4.69, 9.17) is 15.2 Å². The van der Waals surface area contributed by atoms with Crippen LogP contribution in [-0.4, -0.2) is 37.7 Å². The summed E-state index contributed by atoms with van der Waals surface area (Å²) in [6.45, 7) is 6.33. The molecule has 0 spiro atoms. The van der Waals surface area contributed by atoms with E-state index >= 15 is 0 Å². The molecule has 9 heteroatoms. The summed E-state index contributed by atoms with van der Waals surface area (Å²) < 4.78 is 12.8. The predicted molar refractivity (Wildman–Crippen MR) is 88.2 cm³/mol. The maximum Gasteiger partial charge on any atom is 0.336 e. The first kappa shape index (κ1) is 15.3. The Kier molecular flexibility index (Phi) is 3.26. The molecule has 3 aromatic rings. The van der Waals surface area contributed by atoms with Crippen molar-refractivity contribution >= 4 is 33.1 Å². The molecule has 0 fully saturated rings. The lowest BCUT2D eigenvalue weighted by molar-refractivity contribution is -0.120. The SMILES string of the molecule is Cc1nc2sc3c(c2c2nc(OCC(N)=O)nn12)CC(C)(C)OC3. The van der Waals surface area contributed by atoms with Crippen molar-refractivity contribution in [1.82, 2.24) is 19.6 Å². The van der Waals surface area contributed by atoms with E-state index in [2.05, 4.69) is 28.9 Å². The van der Waals surface area contributed by atoms with Gasteiger partial charge in [0.2, 0.25) is 0 Å². The monoisotopic (exact) mass is 347 g/mol. The molecule has 24 heavy (non-hydrogen) atoms. The number of hydrogen-bond donors (Lipinski definition) is 1. The van der Waals surface area contributed by atoms with Gasteiger partial charge in [-0.3, -0.25) is 4.79 Å². The fourth-order valence-corrected chi connectivity index (χ4v) is 4.06. The smallest absolute Gasteiger partial charge is 0.336 e. The lowest BCUT2D eigenvalue weighted by Crippen LogP contribution is -2.31. The number of primary amides is 1. The van der Waals surface area contributed by atoms with Gasteiger partial charge in [-0.1, -0.05) is 0 Å². The average molecular weight is 347 g/mol. The number of carbonyl (C=O) groups is 1. The standard InChI is InChI=1S/C15H17N5O3S/c1-7-17-13-11(8-4-15(2,3)23-5-9(8)24-13)12-18-14(19-20(7)12)22-6-10(16)21/h4-6H2,1-3H3,(H2,16,21). The number of ether oxygens (including phenoxy) is 2. The van der Waals surface area contributed by atoms with E-state index in [1.807, 2.05) is 6.92 Å². The second-order valence-corrected chi connectivity index (χ2v) is 7.54. The molecule has 0 bridgehead atoms. The van der Waals surface area contributed by atoms with E-state index < -0.39 is 5.91 Å². The zero-order valence-corrected chi connectivity index (χ0v) is 14.4. The number of nitrogens with zero attached hydrogens (tertiary/aromatic N) is 4. The van der Waals surface area contributed by atoms with Crippen molar-refractivity contribution in [3.05, 3.63) is 16.3 Å². The normalized spacial score (nSPS) is 16.5. The molecular formula is C15H17N5O3S. The van der Waals surface area contributed by atoms with Gasteiger partial charge < -0.3 is 15.2 Å². The van der Waals surface area contributed by atoms with Crippen LogP contribution < -0.4 is 10.5 Å². The fourth-order valence-electron chi connectivity index (χ4n) is 2.92. The van der Waals surface area contributed by atoms with E-state index in [9.17, 15) is 4.79 Å². The Labute approximate surface area is 141 Å². The Morgan fingerprint density at radius 1 is 1.46 bits per heavy atom. The van der Waals surface area contributed by atoms with Crippen LogP contribution in [0.5, 0.6) is 6.01 Å². The Bertz CT molecular complexity index is 975. The van der Waals surface area contributed by atoms with Crippen LogP contribution >= 0.6 is 11.3 Å². The summed E-state index contributed by atoms with van der Waals surface area (Å²) in [6.07, 6.45) is 0.785. The summed E-state index contributed by atoms with van der Waals surface area (Å²) in [5, 5.41) is 5.27. The highest BCUT2D eigenvalue weighted by Crippen LogP contribution is 2.40. The van der Waals surface area contributed by atoms with Crippen LogP contribution in [0.25, 0.3) is 15.9 Å². The third-order valence-electron chi connectivity index (χ3n) is 3.99. The van der Waals surface area contributed by atoms with Crippen molar-refractivity contribution in [2.75, 3.05) is 6.61 Å². The summed E-state index contributed by atoms with van der Waals surface area (Å²) in [4.78, 5) is 22.1. The molecular weight excluding hydrogens is 330 g/mol. The number of fused-ring (bicyclic) bond motifs is 5. The molecule has 126 valence electrons. The van der Waals surface area contributed by atoms with Gasteiger partial charge in [-0.05, 0) is 26.3 Å². The van der Waals surface area contributed by atoms with Crippen LogP contribution in [0.1, 0.15) is 30.1 Å². The molecule has 0 unspecified atom stereocenters. The molecule has 0 saturated heterocycles. The number of amides is 1. The molecule has 1 amide bonds. The highest BCUT2D eigenvalue weighted by molar-refractivity contribution is 7.19. The lowest BCUT2D eigenvalue weighted by Gasteiger charge is -2.30. The maximum atomic E-state index is 10.9. The number of carbonyl (C=O) groups excluding carboxylic acids is 1. The van der Waals surface area contributed by atoms with Crippen LogP contribution in [0.2, 0.25) is 0 Å². The van der Waals surface area contributed by atoms with Crippen LogP contribution in [0.4, 0.5) is 0 Å². The minimum Gasteiger partial charge on any atom is -0.452 e. The maximum absolute atomic E-state index is 10.9. The van der Waals surface area contributed by atoms with E-state index in [-0.39, 0.29) is 18.2 Å². The summed E-state index contributed by atoms with van der Waals surface area (Å²) in [5.41, 5.74) is 6.77. The number of thiophene rings is 1. The highest BCUT2D eigenvalue weighted by Gasteiger charge is 2.31. The molecule has 0 aliphatic carbocycles. The number of aromatic nitrogens is 4. The topological polar surface area (TPSA) is 105 Å². The molecule has 0 atom stereocenters. The van der Waals surface area contributed by atoms with Crippen molar-refractivity contribution in [3.63, 3.8) is 0 Å². The van der Waals surface area contributed by atoms with Crippen molar-refractivity contribution in [2.45, 2.75) is 39.4 Å². The molecule has 8 nitrogen and oxygen atoms in total. The number of aryl methyl sites for hydroxylation is 1. The summed E-state index contributed by atoms with van der Waals surface area (Å²) in [7, 11) is 0. The van der Waals surface area contributed by atoms with Crippen molar-refractivity contribution < 1.29 is 14.3 Å². The van der Waals surface area contributed by atoms with Crippen LogP contribution in [0.15, 0.2) is 0 Å². The summed E-state index contributed by atoms with van der Waals surface area (Å²) in [6, 6.07) is 0.123. The zero-order valence-electron chi connectivity index (χ0n) is 13.6.